The summed E-state index contributed by atoms with van der Waals surface area (Å²) in [6.07, 6.45) is 1.94. The summed E-state index contributed by atoms with van der Waals surface area (Å²) >= 11 is 6.99. The summed E-state index contributed by atoms with van der Waals surface area (Å²) in [4.78, 5) is 9.03. The van der Waals surface area contributed by atoms with Crippen LogP contribution in [0.15, 0.2) is 81.9 Å². The summed E-state index contributed by atoms with van der Waals surface area (Å²) in [5.41, 5.74) is 1.91. The second kappa shape index (κ2) is 10.3. The van der Waals surface area contributed by atoms with E-state index in [9.17, 15) is 0 Å². The predicted octanol–water partition coefficient (Wildman–Crippen LogP) is 7.56. The van der Waals surface area contributed by atoms with Gasteiger partial charge in [0.1, 0.15) is 0 Å². The molecular weight excluding hydrogens is 702 g/mol. The van der Waals surface area contributed by atoms with E-state index in [0.29, 0.717) is 17.0 Å². The first-order chi connectivity index (χ1) is 14.5. The van der Waals surface area contributed by atoms with Gasteiger partial charge in [0.25, 0.3) is 0 Å². The van der Waals surface area contributed by atoms with Crippen molar-refractivity contribution in [1.82, 2.24) is 9.97 Å². The van der Waals surface area contributed by atoms with Crippen LogP contribution in [-0.2, 0) is 26.7 Å². The van der Waals surface area contributed by atoms with Gasteiger partial charge in [-0.3, -0.25) is 4.98 Å². The molecule has 2 heterocycles. The molecule has 0 spiro atoms. The first kappa shape index (κ1) is 24.0. The van der Waals surface area contributed by atoms with Crippen LogP contribution in [-0.4, -0.2) is 9.97 Å². The summed E-state index contributed by atoms with van der Waals surface area (Å²) < 4.78 is 18.2. The first-order valence-electron chi connectivity index (χ1n) is 9.48. The van der Waals surface area contributed by atoms with Gasteiger partial charge in [0.05, 0.1) is 5.69 Å². The minimum absolute atomic E-state index is 0. The molecule has 31 heavy (non-hydrogen) atoms. The van der Waals surface area contributed by atoms with Crippen LogP contribution in [0.1, 0.15) is 24.6 Å². The molecule has 4 rings (SSSR count). The van der Waals surface area contributed by atoms with Gasteiger partial charge in [0.2, 0.25) is 0 Å². The standard InChI is InChI=1S/C25H17Br2FN2.Pt/c1-2-25(28,19-13-18(15-21(27)16-19)22-9-3-4-12-29-22)24-11-6-10-23(30-24)17-7-5-8-20(26)14-17;/h3-6,8-12,14-16H,2H2,1H3;/q-2;+2. The predicted molar refractivity (Wildman–Crippen MR) is 125 cm³/mol. The molecule has 4 aromatic rings. The Balaban J connectivity index is 0.00000272. The molecule has 0 aliphatic rings. The molecule has 0 aliphatic carbocycles. The second-order valence-electron chi connectivity index (χ2n) is 6.82. The Morgan fingerprint density at radius 3 is 2.42 bits per heavy atom. The van der Waals surface area contributed by atoms with Crippen LogP contribution in [0.25, 0.3) is 22.5 Å². The molecule has 0 radical (unpaired) electrons. The normalized spacial score (nSPS) is 12.6. The molecule has 0 N–H and O–H groups in total. The van der Waals surface area contributed by atoms with E-state index < -0.39 is 5.67 Å². The van der Waals surface area contributed by atoms with Gasteiger partial charge < -0.3 is 4.98 Å². The SMILES string of the molecule is CCC(F)(c1[c-]c(-c2ccccn2)cc(Br)c1)c1cccc(-c2[c-]ccc(Br)c2)n1.[Pt+2]. The number of rotatable bonds is 5. The zero-order valence-electron chi connectivity index (χ0n) is 16.5. The number of benzene rings is 2. The number of alkyl halides is 1. The Kier molecular flexibility index (Phi) is 7.96. The van der Waals surface area contributed by atoms with Gasteiger partial charge in [0, 0.05) is 6.20 Å². The number of halogens is 3. The smallest absolute Gasteiger partial charge is 0.305 e. The van der Waals surface area contributed by atoms with Crippen LogP contribution >= 0.6 is 31.9 Å². The van der Waals surface area contributed by atoms with Crippen molar-refractivity contribution in [3.8, 4) is 22.5 Å². The van der Waals surface area contributed by atoms with E-state index in [2.05, 4.69) is 54.0 Å². The molecule has 0 saturated carbocycles. The van der Waals surface area contributed by atoms with Crippen molar-refractivity contribution in [3.63, 3.8) is 0 Å². The molecular formula is C25H17Br2FN2Pt. The molecule has 0 bridgehead atoms. The molecule has 0 fully saturated rings. The van der Waals surface area contributed by atoms with Crippen LogP contribution in [0.4, 0.5) is 4.39 Å². The molecule has 1 unspecified atom stereocenters. The third-order valence-corrected chi connectivity index (χ3v) is 5.83. The van der Waals surface area contributed by atoms with Gasteiger partial charge in [0.15, 0.2) is 5.67 Å². The van der Waals surface area contributed by atoms with Crippen LogP contribution in [0.5, 0.6) is 0 Å². The molecule has 1 atom stereocenters. The van der Waals surface area contributed by atoms with Crippen molar-refractivity contribution in [1.29, 1.82) is 0 Å². The zero-order chi connectivity index (χ0) is 21.1. The van der Waals surface area contributed by atoms with Gasteiger partial charge in [-0.1, -0.05) is 77.6 Å². The summed E-state index contributed by atoms with van der Waals surface area (Å²) in [6.45, 7) is 1.81. The van der Waals surface area contributed by atoms with E-state index in [-0.39, 0.29) is 27.5 Å². The molecule has 0 amide bonds. The molecule has 2 aromatic heterocycles. The average molecular weight is 719 g/mol. The maximum absolute atomic E-state index is 16.5. The Morgan fingerprint density at radius 2 is 1.71 bits per heavy atom. The van der Waals surface area contributed by atoms with Gasteiger partial charge in [-0.2, -0.15) is 0 Å². The molecule has 2 nitrogen and oxygen atoms in total. The van der Waals surface area contributed by atoms with Crippen molar-refractivity contribution in [2.75, 3.05) is 0 Å². The topological polar surface area (TPSA) is 25.8 Å². The minimum Gasteiger partial charge on any atom is -0.305 e. The summed E-state index contributed by atoms with van der Waals surface area (Å²) in [5, 5.41) is 0. The van der Waals surface area contributed by atoms with Crippen molar-refractivity contribution in [2.45, 2.75) is 19.0 Å². The van der Waals surface area contributed by atoms with E-state index in [1.54, 1.807) is 18.3 Å². The third-order valence-electron chi connectivity index (χ3n) is 4.88. The van der Waals surface area contributed by atoms with Crippen molar-refractivity contribution in [3.05, 3.63) is 105 Å². The molecule has 2 aromatic carbocycles. The van der Waals surface area contributed by atoms with Crippen LogP contribution in [0, 0.1) is 12.1 Å². The number of hydrogen-bond acceptors (Lipinski definition) is 2. The minimum atomic E-state index is -1.80. The number of pyridine rings is 2. The fourth-order valence-electron chi connectivity index (χ4n) is 3.31. The Labute approximate surface area is 212 Å². The summed E-state index contributed by atoms with van der Waals surface area (Å²) in [7, 11) is 0. The Morgan fingerprint density at radius 1 is 0.935 bits per heavy atom. The number of hydrogen-bond donors (Lipinski definition) is 0. The Hall–Kier alpha value is -1.68. The molecule has 6 heteroatoms. The maximum Gasteiger partial charge on any atom is 2.00 e. The van der Waals surface area contributed by atoms with Gasteiger partial charge in [-0.25, -0.2) is 4.39 Å². The number of nitrogens with zero attached hydrogens (tertiary/aromatic N) is 2. The maximum atomic E-state index is 16.5. The van der Waals surface area contributed by atoms with E-state index in [1.807, 2.05) is 61.5 Å². The fourth-order valence-corrected chi connectivity index (χ4v) is 4.13. The van der Waals surface area contributed by atoms with E-state index in [0.717, 1.165) is 25.8 Å². The van der Waals surface area contributed by atoms with Gasteiger partial charge in [-0.15, -0.1) is 53.6 Å². The van der Waals surface area contributed by atoms with Gasteiger partial charge in [-0.05, 0) is 29.9 Å². The quantitative estimate of drug-likeness (QED) is 0.199. The molecule has 0 aliphatic heterocycles. The second-order valence-corrected chi connectivity index (χ2v) is 8.66. The average Bonchev–Trinajstić information content (AvgIpc) is 2.79. The van der Waals surface area contributed by atoms with Crippen LogP contribution < -0.4 is 0 Å². The summed E-state index contributed by atoms with van der Waals surface area (Å²) in [5.74, 6) is 0. The largest absolute Gasteiger partial charge is 2.00 e. The van der Waals surface area contributed by atoms with E-state index >= 15 is 4.39 Å². The van der Waals surface area contributed by atoms with Crippen molar-refractivity contribution >= 4 is 31.9 Å². The third kappa shape index (κ3) is 5.22. The van der Waals surface area contributed by atoms with Gasteiger partial charge >= 0.3 is 21.1 Å². The van der Waals surface area contributed by atoms with Crippen LogP contribution in [0.3, 0.4) is 0 Å². The van der Waals surface area contributed by atoms with Crippen molar-refractivity contribution in [2.24, 2.45) is 0 Å². The molecule has 158 valence electrons. The van der Waals surface area contributed by atoms with E-state index in [4.69, 9.17) is 0 Å². The van der Waals surface area contributed by atoms with Crippen LogP contribution in [0.2, 0.25) is 0 Å². The van der Waals surface area contributed by atoms with Crippen molar-refractivity contribution < 1.29 is 25.5 Å². The van der Waals surface area contributed by atoms with E-state index in [1.165, 1.54) is 0 Å². The summed E-state index contributed by atoms with van der Waals surface area (Å²) in [6, 6.07) is 26.7. The monoisotopic (exact) mass is 717 g/mol. The fraction of sp³-hybridized carbons (Fsp3) is 0.120. The Bertz CT molecular complexity index is 1190. The zero-order valence-corrected chi connectivity index (χ0v) is 21.9. The number of aromatic nitrogens is 2. The molecule has 0 saturated heterocycles. The first-order valence-corrected chi connectivity index (χ1v) is 11.1.